The van der Waals surface area contributed by atoms with Crippen LogP contribution in [-0.4, -0.2) is 57.9 Å². The molecular formula is C25H33FN3O9P. The lowest BCUT2D eigenvalue weighted by atomic mass is 9.81. The number of halogens is 1. The van der Waals surface area contributed by atoms with Crippen LogP contribution in [0.4, 0.5) is 4.39 Å². The highest BCUT2D eigenvalue weighted by Gasteiger charge is 2.82. The van der Waals surface area contributed by atoms with Crippen LogP contribution in [0.1, 0.15) is 39.3 Å². The quantitative estimate of drug-likeness (QED) is 0.271. The molecule has 14 heteroatoms. The minimum atomic E-state index is -4.26. The van der Waals surface area contributed by atoms with E-state index in [0.717, 1.165) is 4.57 Å². The number of H-pyrrole nitrogens is 1. The van der Waals surface area contributed by atoms with Crippen molar-refractivity contribution in [2.24, 2.45) is 11.3 Å². The van der Waals surface area contributed by atoms with Gasteiger partial charge >= 0.3 is 19.4 Å². The molecule has 4 unspecified atom stereocenters. The number of aromatic nitrogens is 2. The fourth-order valence-electron chi connectivity index (χ4n) is 4.89. The van der Waals surface area contributed by atoms with Crippen LogP contribution in [0.15, 0.2) is 46.1 Å². The molecule has 1 aromatic heterocycles. The Kier molecular flexibility index (Phi) is 7.94. The summed E-state index contributed by atoms with van der Waals surface area (Å²) in [7, 11) is -4.26. The number of aliphatic hydroxyl groups is 1. The van der Waals surface area contributed by atoms with E-state index in [1.54, 1.807) is 51.1 Å². The van der Waals surface area contributed by atoms with Crippen molar-refractivity contribution in [1.82, 2.24) is 14.6 Å². The van der Waals surface area contributed by atoms with E-state index in [1.165, 1.54) is 20.0 Å². The van der Waals surface area contributed by atoms with Gasteiger partial charge in [0.15, 0.2) is 0 Å². The largest absolute Gasteiger partial charge is 0.462 e. The number of esters is 1. The van der Waals surface area contributed by atoms with Crippen LogP contribution in [-0.2, 0) is 23.4 Å². The molecule has 4 rings (SSSR count). The third-order valence-corrected chi connectivity index (χ3v) is 8.65. The summed E-state index contributed by atoms with van der Waals surface area (Å²) in [5, 5.41) is 12.8. The second kappa shape index (κ2) is 10.6. The highest BCUT2D eigenvalue weighted by molar-refractivity contribution is 7.52. The summed E-state index contributed by atoms with van der Waals surface area (Å²) >= 11 is 0. The van der Waals surface area contributed by atoms with E-state index in [-0.39, 0.29) is 11.3 Å². The van der Waals surface area contributed by atoms with E-state index in [2.05, 4.69) is 10.1 Å². The first kappa shape index (κ1) is 29.2. The summed E-state index contributed by atoms with van der Waals surface area (Å²) in [6, 6.07) is 5.94. The number of carbonyl (C=O) groups is 1. The molecule has 1 saturated carbocycles. The number of benzene rings is 1. The molecule has 12 nitrogen and oxygen atoms in total. The number of carbonyl (C=O) groups excluding carboxylic acids is 1. The van der Waals surface area contributed by atoms with Crippen molar-refractivity contribution >= 4 is 13.7 Å². The molecule has 3 N–H and O–H groups in total. The van der Waals surface area contributed by atoms with Gasteiger partial charge in [-0.1, -0.05) is 25.1 Å². The number of para-hydroxylation sites is 1. The van der Waals surface area contributed by atoms with Crippen LogP contribution >= 0.6 is 7.75 Å². The van der Waals surface area contributed by atoms with Crippen molar-refractivity contribution in [2.45, 2.75) is 64.8 Å². The first-order valence-electron chi connectivity index (χ1n) is 12.5. The van der Waals surface area contributed by atoms with Gasteiger partial charge in [-0.05, 0) is 39.8 Å². The Hall–Kier alpha value is -2.83. The Morgan fingerprint density at radius 1 is 1.28 bits per heavy atom. The Bertz CT molecular complexity index is 1380. The molecule has 0 radical (unpaired) electrons. The summed E-state index contributed by atoms with van der Waals surface area (Å²) in [6.45, 7) is 6.79. The SMILES string of the molecule is Cc1cn([C@H]2C3C(C)(CO)[C@@H](COP(=O)(N[C@@H](C)C(=O)OC(C)C)Oc4ccccc4)OC32F)c(=O)[nH]c1=O. The molecule has 1 aromatic carbocycles. The topological polar surface area (TPSA) is 158 Å². The molecule has 1 aliphatic carbocycles. The van der Waals surface area contributed by atoms with Crippen LogP contribution in [0.2, 0.25) is 0 Å². The number of aliphatic hydroxyl groups excluding tert-OH is 1. The van der Waals surface area contributed by atoms with Crippen molar-refractivity contribution in [3.63, 3.8) is 0 Å². The van der Waals surface area contributed by atoms with Gasteiger partial charge in [-0.2, -0.15) is 5.09 Å². The maximum atomic E-state index is 16.0. The number of rotatable bonds is 11. The van der Waals surface area contributed by atoms with Crippen LogP contribution in [0.25, 0.3) is 0 Å². The van der Waals surface area contributed by atoms with E-state index in [0.29, 0.717) is 0 Å². The van der Waals surface area contributed by atoms with E-state index < -0.39 is 79.7 Å². The monoisotopic (exact) mass is 569 g/mol. The molecule has 214 valence electrons. The number of aryl methyl sites for hydroxylation is 1. The molecule has 39 heavy (non-hydrogen) atoms. The Labute approximate surface area is 224 Å². The summed E-state index contributed by atoms with van der Waals surface area (Å²) in [5.41, 5.74) is -2.43. The first-order chi connectivity index (χ1) is 18.2. The summed E-state index contributed by atoms with van der Waals surface area (Å²) in [6.07, 6.45) is -0.254. The molecular weight excluding hydrogens is 536 g/mol. The molecule has 2 aliphatic rings. The van der Waals surface area contributed by atoms with Crippen LogP contribution in [0.3, 0.4) is 0 Å². The summed E-state index contributed by atoms with van der Waals surface area (Å²) < 4.78 is 52.9. The van der Waals surface area contributed by atoms with Gasteiger partial charge in [0.05, 0.1) is 31.3 Å². The molecule has 1 aliphatic heterocycles. The van der Waals surface area contributed by atoms with Crippen molar-refractivity contribution < 1.29 is 37.4 Å². The minimum Gasteiger partial charge on any atom is -0.462 e. The molecule has 2 fully saturated rings. The Morgan fingerprint density at radius 3 is 2.56 bits per heavy atom. The smallest absolute Gasteiger partial charge is 0.459 e. The average molecular weight is 570 g/mol. The van der Waals surface area contributed by atoms with Crippen LogP contribution in [0, 0.1) is 18.3 Å². The van der Waals surface area contributed by atoms with E-state index in [9.17, 15) is 24.1 Å². The van der Waals surface area contributed by atoms with E-state index >= 15 is 4.39 Å². The predicted molar refractivity (Wildman–Crippen MR) is 137 cm³/mol. The minimum absolute atomic E-state index is 0.188. The zero-order chi connectivity index (χ0) is 28.8. The standard InChI is InChI=1S/C25H33FN3O9P/c1-14(2)36-22(32)16(4)28-39(34,38-17-9-7-6-8-10-17)35-12-18-24(5,13-30)19-20(25(19,26)37-18)29-11-15(3)21(31)27-23(29)33/h6-11,14,16,18-20,30H,12-13H2,1-5H3,(H,28,34)(H,27,31,33)/t16-,18+,19?,20-,24?,25?,39?/m0/s1. The van der Waals surface area contributed by atoms with Crippen molar-refractivity contribution in [3.05, 3.63) is 62.9 Å². The van der Waals surface area contributed by atoms with Gasteiger partial charge in [0.2, 0.25) is 5.85 Å². The maximum Gasteiger partial charge on any atom is 0.459 e. The molecule has 2 heterocycles. The van der Waals surface area contributed by atoms with Gasteiger partial charge in [0, 0.05) is 17.2 Å². The van der Waals surface area contributed by atoms with Crippen LogP contribution in [0.5, 0.6) is 5.75 Å². The summed E-state index contributed by atoms with van der Waals surface area (Å²) in [5.74, 6) is -3.80. The van der Waals surface area contributed by atoms with Gasteiger partial charge in [0.1, 0.15) is 17.8 Å². The lowest BCUT2D eigenvalue weighted by Crippen LogP contribution is -2.43. The highest BCUT2D eigenvalue weighted by atomic mass is 31.2. The Morgan fingerprint density at radius 2 is 1.95 bits per heavy atom. The van der Waals surface area contributed by atoms with Crippen molar-refractivity contribution in [3.8, 4) is 5.75 Å². The molecule has 0 spiro atoms. The number of ether oxygens (including phenoxy) is 2. The van der Waals surface area contributed by atoms with Crippen LogP contribution < -0.4 is 20.9 Å². The van der Waals surface area contributed by atoms with Crippen molar-refractivity contribution in [2.75, 3.05) is 13.2 Å². The van der Waals surface area contributed by atoms with E-state index in [4.69, 9.17) is 18.5 Å². The molecule has 1 saturated heterocycles. The second-order valence-electron chi connectivity index (χ2n) is 10.4. The number of aromatic amines is 1. The lowest BCUT2D eigenvalue weighted by molar-refractivity contribution is -0.149. The van der Waals surface area contributed by atoms with Gasteiger partial charge < -0.3 is 19.1 Å². The lowest BCUT2D eigenvalue weighted by Gasteiger charge is -2.33. The van der Waals surface area contributed by atoms with Gasteiger partial charge in [0.25, 0.3) is 5.56 Å². The molecule has 0 amide bonds. The maximum absolute atomic E-state index is 16.0. The zero-order valence-electron chi connectivity index (χ0n) is 22.3. The van der Waals surface area contributed by atoms with Gasteiger partial charge in [-0.25, -0.2) is 13.8 Å². The molecule has 2 aromatic rings. The molecule has 0 bridgehead atoms. The zero-order valence-corrected chi connectivity index (χ0v) is 23.1. The van der Waals surface area contributed by atoms with Gasteiger partial charge in [-0.3, -0.25) is 23.7 Å². The summed E-state index contributed by atoms with van der Waals surface area (Å²) in [4.78, 5) is 38.6. The number of nitrogens with one attached hydrogen (secondary N) is 2. The number of nitrogens with zero attached hydrogens (tertiary/aromatic N) is 1. The predicted octanol–water partition coefficient (Wildman–Crippen LogP) is 2.21. The average Bonchev–Trinajstić information content (AvgIpc) is 3.40. The first-order valence-corrected chi connectivity index (χ1v) is 14.1. The fraction of sp³-hybridized carbons (Fsp3) is 0.560. The normalized spacial score (nSPS) is 29.9. The Balaban J connectivity index is 1.54. The fourth-order valence-corrected chi connectivity index (χ4v) is 6.38. The van der Waals surface area contributed by atoms with Crippen molar-refractivity contribution in [1.29, 1.82) is 0 Å². The number of alkyl halides is 1. The molecule has 7 atom stereocenters. The number of hydrogen-bond donors (Lipinski definition) is 3. The van der Waals surface area contributed by atoms with Gasteiger partial charge in [-0.15, -0.1) is 0 Å². The number of fused-ring (bicyclic) bond motifs is 1. The second-order valence-corrected chi connectivity index (χ2v) is 12.1. The van der Waals surface area contributed by atoms with E-state index in [1.807, 2.05) is 0 Å². The number of hydrogen-bond acceptors (Lipinski definition) is 9. The third-order valence-electron chi connectivity index (χ3n) is 7.01. The highest BCUT2D eigenvalue weighted by Crippen LogP contribution is 2.72. The third kappa shape index (κ3) is 5.59.